The number of thiol groups is 1. The van der Waals surface area contributed by atoms with Gasteiger partial charge in [0.25, 0.3) is 0 Å². The van der Waals surface area contributed by atoms with E-state index >= 15 is 0 Å². The molecule has 1 aliphatic carbocycles. The Hall–Kier alpha value is -2.23. The number of allylic oxidation sites excluding steroid dienone is 1. The van der Waals surface area contributed by atoms with Gasteiger partial charge in [-0.1, -0.05) is 29.5 Å². The van der Waals surface area contributed by atoms with Crippen LogP contribution in [0, 0.1) is 11.7 Å². The van der Waals surface area contributed by atoms with Crippen molar-refractivity contribution in [3.05, 3.63) is 59.2 Å². The number of nitrogens with zero attached hydrogens (tertiary/aromatic N) is 4. The highest BCUT2D eigenvalue weighted by Crippen LogP contribution is 2.39. The molecule has 0 amide bonds. The Bertz CT molecular complexity index is 995. The molecule has 2 atom stereocenters. The highest BCUT2D eigenvalue weighted by atomic mass is 35.5. The quantitative estimate of drug-likeness (QED) is 0.481. The van der Waals surface area contributed by atoms with Crippen molar-refractivity contribution in [3.8, 4) is 0 Å². The van der Waals surface area contributed by atoms with E-state index in [4.69, 9.17) is 5.11 Å². The SMILES string of the molecule is Cl.O=C(O)c1cn(C/C=C2/CN(C(C(=O)C3CC3)c3ccccc3F)CCC2S)nn1. The molecule has 1 saturated carbocycles. The summed E-state index contributed by atoms with van der Waals surface area (Å²) in [6, 6.07) is 5.88. The lowest BCUT2D eigenvalue weighted by Gasteiger charge is -2.37. The van der Waals surface area contributed by atoms with Crippen LogP contribution >= 0.6 is 25.0 Å². The third kappa shape index (κ3) is 5.34. The highest BCUT2D eigenvalue weighted by Gasteiger charge is 2.40. The van der Waals surface area contributed by atoms with Gasteiger partial charge in [-0.05, 0) is 30.9 Å². The van der Waals surface area contributed by atoms with Gasteiger partial charge in [0.2, 0.25) is 0 Å². The second kappa shape index (κ2) is 9.93. The Morgan fingerprint density at radius 3 is 2.68 bits per heavy atom. The molecular weight excluding hydrogens is 443 g/mol. The number of rotatable bonds is 7. The van der Waals surface area contributed by atoms with Gasteiger partial charge in [0.15, 0.2) is 11.5 Å². The van der Waals surface area contributed by atoms with E-state index in [2.05, 4.69) is 22.9 Å². The summed E-state index contributed by atoms with van der Waals surface area (Å²) in [5, 5.41) is 16.4. The molecule has 1 saturated heterocycles. The minimum absolute atomic E-state index is 0. The van der Waals surface area contributed by atoms with Crippen LogP contribution in [0.15, 0.2) is 42.1 Å². The second-order valence-electron chi connectivity index (χ2n) is 7.79. The molecule has 2 aliphatic rings. The smallest absolute Gasteiger partial charge is 0.358 e. The van der Waals surface area contributed by atoms with Gasteiger partial charge in [-0.3, -0.25) is 9.69 Å². The maximum Gasteiger partial charge on any atom is 0.358 e. The van der Waals surface area contributed by atoms with Crippen molar-refractivity contribution in [1.29, 1.82) is 0 Å². The van der Waals surface area contributed by atoms with Crippen molar-refractivity contribution in [1.82, 2.24) is 19.9 Å². The first kappa shape index (κ1) is 23.4. The molecule has 4 rings (SSSR count). The zero-order chi connectivity index (χ0) is 21.3. The first-order valence-electron chi connectivity index (χ1n) is 9.96. The Morgan fingerprint density at radius 2 is 2.03 bits per heavy atom. The number of carbonyl (C=O) groups excluding carboxylic acids is 1. The van der Waals surface area contributed by atoms with Crippen LogP contribution < -0.4 is 0 Å². The highest BCUT2D eigenvalue weighted by molar-refractivity contribution is 7.81. The average Bonchev–Trinajstić information content (AvgIpc) is 3.47. The number of halogens is 2. The lowest BCUT2D eigenvalue weighted by Crippen LogP contribution is -2.42. The average molecular weight is 467 g/mol. The second-order valence-corrected chi connectivity index (χ2v) is 8.41. The van der Waals surface area contributed by atoms with Crippen LogP contribution in [0.2, 0.25) is 0 Å². The molecular formula is C21H24ClFN4O3S. The van der Waals surface area contributed by atoms with E-state index in [1.165, 1.54) is 16.9 Å². The maximum atomic E-state index is 14.6. The number of aromatic carboxylic acids is 1. The molecule has 1 aliphatic heterocycles. The number of carbonyl (C=O) groups is 2. The Labute approximate surface area is 191 Å². The molecule has 166 valence electrons. The Balaban J connectivity index is 0.00000272. The molecule has 2 fully saturated rings. The lowest BCUT2D eigenvalue weighted by atomic mass is 9.93. The van der Waals surface area contributed by atoms with Gasteiger partial charge in [-0.2, -0.15) is 12.6 Å². The number of benzene rings is 1. The fourth-order valence-electron chi connectivity index (χ4n) is 3.83. The number of carboxylic acids is 1. The van der Waals surface area contributed by atoms with E-state index in [0.29, 0.717) is 25.2 Å². The van der Waals surface area contributed by atoms with Crippen LogP contribution in [0.5, 0.6) is 0 Å². The number of ketones is 1. The van der Waals surface area contributed by atoms with Gasteiger partial charge in [0.05, 0.1) is 18.8 Å². The van der Waals surface area contributed by atoms with Crippen molar-refractivity contribution < 1.29 is 19.1 Å². The fourth-order valence-corrected chi connectivity index (χ4v) is 4.13. The van der Waals surface area contributed by atoms with Crippen molar-refractivity contribution in [2.24, 2.45) is 5.92 Å². The van der Waals surface area contributed by atoms with Gasteiger partial charge in [-0.25, -0.2) is 13.9 Å². The summed E-state index contributed by atoms with van der Waals surface area (Å²) < 4.78 is 16.0. The molecule has 10 heteroatoms. The van der Waals surface area contributed by atoms with Crippen molar-refractivity contribution in [2.45, 2.75) is 37.1 Å². The molecule has 1 aromatic heterocycles. The Morgan fingerprint density at radius 1 is 1.29 bits per heavy atom. The number of hydrogen-bond acceptors (Lipinski definition) is 6. The predicted molar refractivity (Wildman–Crippen MR) is 118 cm³/mol. The van der Waals surface area contributed by atoms with Crippen molar-refractivity contribution in [3.63, 3.8) is 0 Å². The summed E-state index contributed by atoms with van der Waals surface area (Å²) in [4.78, 5) is 26.1. The first-order chi connectivity index (χ1) is 14.4. The van der Waals surface area contributed by atoms with Gasteiger partial charge < -0.3 is 5.11 Å². The largest absolute Gasteiger partial charge is 0.476 e. The van der Waals surface area contributed by atoms with E-state index in [1.54, 1.807) is 18.2 Å². The van der Waals surface area contributed by atoms with Crippen LogP contribution in [-0.4, -0.2) is 55.1 Å². The number of Topliss-reactive ketones (excluding diaryl/α,β-unsaturated/α-hetero) is 1. The fraction of sp³-hybridized carbons (Fsp3) is 0.429. The number of piperidine rings is 1. The molecule has 7 nitrogen and oxygen atoms in total. The lowest BCUT2D eigenvalue weighted by molar-refractivity contribution is -0.126. The maximum absolute atomic E-state index is 14.6. The predicted octanol–water partition coefficient (Wildman–Crippen LogP) is 3.19. The molecule has 1 N–H and O–H groups in total. The van der Waals surface area contributed by atoms with Crippen LogP contribution in [-0.2, 0) is 11.3 Å². The van der Waals surface area contributed by atoms with E-state index in [9.17, 15) is 14.0 Å². The standard InChI is InChI=1S/C21H23FN4O3S.ClH/c22-16-4-2-1-3-15(16)19(20(27)13-5-6-13)25-9-8-18(30)14(11-25)7-10-26-12-17(21(28)29)23-24-26;/h1-4,7,12-13,18-19,30H,5-6,8-11H2,(H,28,29);1H/b14-7-;. The topological polar surface area (TPSA) is 88.3 Å². The molecule has 2 unspecified atom stereocenters. The molecule has 0 radical (unpaired) electrons. The van der Waals surface area contributed by atoms with Gasteiger partial charge in [0, 0.05) is 29.8 Å². The van der Waals surface area contributed by atoms with Crippen LogP contribution in [0.3, 0.4) is 0 Å². The third-order valence-corrected chi connectivity index (χ3v) is 6.21. The monoisotopic (exact) mass is 466 g/mol. The Kier molecular flexibility index (Phi) is 7.51. The van der Waals surface area contributed by atoms with Crippen molar-refractivity contribution >= 4 is 36.8 Å². The van der Waals surface area contributed by atoms with Crippen LogP contribution in [0.4, 0.5) is 4.39 Å². The molecule has 1 aromatic carbocycles. The zero-order valence-electron chi connectivity index (χ0n) is 16.7. The number of hydrogen-bond donors (Lipinski definition) is 2. The van der Waals surface area contributed by atoms with Gasteiger partial charge >= 0.3 is 5.97 Å². The van der Waals surface area contributed by atoms with E-state index in [0.717, 1.165) is 24.8 Å². The number of aromatic nitrogens is 3. The van der Waals surface area contributed by atoms with Crippen LogP contribution in [0.1, 0.15) is 41.4 Å². The minimum atomic E-state index is -1.13. The van der Waals surface area contributed by atoms with Gasteiger partial charge in [-0.15, -0.1) is 17.5 Å². The summed E-state index contributed by atoms with van der Waals surface area (Å²) in [6.07, 6.45) is 5.77. The van der Waals surface area contributed by atoms with Crippen LogP contribution in [0.25, 0.3) is 0 Å². The summed E-state index contributed by atoms with van der Waals surface area (Å²) >= 11 is 4.67. The summed E-state index contributed by atoms with van der Waals surface area (Å²) in [6.45, 7) is 1.49. The van der Waals surface area contributed by atoms with E-state index in [1.807, 2.05) is 11.0 Å². The number of carboxylic acid groups (broad SMARTS) is 1. The van der Waals surface area contributed by atoms with Gasteiger partial charge in [0.1, 0.15) is 5.82 Å². The first-order valence-corrected chi connectivity index (χ1v) is 10.5. The minimum Gasteiger partial charge on any atom is -0.476 e. The molecule has 2 aromatic rings. The summed E-state index contributed by atoms with van der Waals surface area (Å²) in [5.74, 6) is -1.39. The van der Waals surface area contributed by atoms with Crippen molar-refractivity contribution in [2.75, 3.05) is 13.1 Å². The molecule has 2 heterocycles. The van der Waals surface area contributed by atoms with E-state index in [-0.39, 0.29) is 40.9 Å². The summed E-state index contributed by atoms with van der Waals surface area (Å²) in [5.41, 5.74) is 1.31. The molecule has 0 spiro atoms. The molecule has 0 bridgehead atoms. The summed E-state index contributed by atoms with van der Waals surface area (Å²) in [7, 11) is 0. The van der Waals surface area contributed by atoms with E-state index < -0.39 is 12.0 Å². The normalized spacial score (nSPS) is 21.5. The number of likely N-dealkylation sites (tertiary alicyclic amines) is 1. The third-order valence-electron chi connectivity index (χ3n) is 5.62. The zero-order valence-corrected chi connectivity index (χ0v) is 18.4. The molecule has 31 heavy (non-hydrogen) atoms.